The number of aromatic nitrogens is 2. The second-order valence-corrected chi connectivity index (χ2v) is 5.19. The van der Waals surface area contributed by atoms with Gasteiger partial charge in [0.1, 0.15) is 5.69 Å². The normalized spacial score (nSPS) is 11.6. The summed E-state index contributed by atoms with van der Waals surface area (Å²) in [5.74, 6) is -0.260. The molecule has 0 aliphatic heterocycles. The molecular weight excluding hydrogens is 232 g/mol. The first-order valence-electron chi connectivity index (χ1n) is 6.02. The molecule has 1 rings (SSSR count). The van der Waals surface area contributed by atoms with Crippen LogP contribution in [-0.2, 0) is 13.5 Å². The summed E-state index contributed by atoms with van der Waals surface area (Å²) in [4.78, 5) is 12.0. The van der Waals surface area contributed by atoms with Gasteiger partial charge in [-0.15, -0.1) is 0 Å². The van der Waals surface area contributed by atoms with Crippen molar-refractivity contribution in [2.75, 3.05) is 18.9 Å². The minimum atomic E-state index is -0.351. The molecule has 18 heavy (non-hydrogen) atoms. The van der Waals surface area contributed by atoms with Crippen molar-refractivity contribution in [1.82, 2.24) is 15.1 Å². The number of amides is 1. The number of hydrogen-bond donors (Lipinski definition) is 3. The zero-order valence-corrected chi connectivity index (χ0v) is 11.4. The van der Waals surface area contributed by atoms with Crippen LogP contribution in [0.25, 0.3) is 0 Å². The monoisotopic (exact) mass is 254 g/mol. The Labute approximate surface area is 107 Å². The topological polar surface area (TPSA) is 93.2 Å². The molecule has 0 radical (unpaired) electrons. The fraction of sp³-hybridized carbons (Fsp3) is 0.667. The van der Waals surface area contributed by atoms with Gasteiger partial charge in [0, 0.05) is 25.6 Å². The van der Waals surface area contributed by atoms with Crippen LogP contribution in [0.1, 0.15) is 37.0 Å². The smallest absolute Gasteiger partial charge is 0.271 e. The number of aliphatic hydroxyl groups is 1. The van der Waals surface area contributed by atoms with Gasteiger partial charge in [-0.1, -0.05) is 20.8 Å². The highest BCUT2D eigenvalue weighted by Crippen LogP contribution is 2.17. The summed E-state index contributed by atoms with van der Waals surface area (Å²) in [5, 5.41) is 16.1. The van der Waals surface area contributed by atoms with Crippen LogP contribution >= 0.6 is 0 Å². The second-order valence-electron chi connectivity index (χ2n) is 5.19. The SMILES string of the molecule is CCc1nn(C)c(C(=O)NCC(C)(C)CO)c1N. The Balaban J connectivity index is 2.82. The molecule has 0 aliphatic rings. The number of carbonyl (C=O) groups excluding carboxylic acids is 1. The molecule has 102 valence electrons. The number of rotatable bonds is 5. The Bertz CT molecular complexity index is 438. The van der Waals surface area contributed by atoms with E-state index in [1.54, 1.807) is 7.05 Å². The Morgan fingerprint density at radius 3 is 2.61 bits per heavy atom. The van der Waals surface area contributed by atoms with Crippen LogP contribution in [0.15, 0.2) is 0 Å². The second kappa shape index (κ2) is 5.39. The van der Waals surface area contributed by atoms with Gasteiger partial charge in [-0.25, -0.2) is 0 Å². The highest BCUT2D eigenvalue weighted by Gasteiger charge is 2.22. The number of carbonyl (C=O) groups is 1. The van der Waals surface area contributed by atoms with Crippen molar-refractivity contribution in [2.24, 2.45) is 12.5 Å². The molecule has 0 saturated heterocycles. The number of nitrogens with one attached hydrogen (secondary N) is 1. The molecule has 0 unspecified atom stereocenters. The zero-order valence-electron chi connectivity index (χ0n) is 11.4. The summed E-state index contributed by atoms with van der Waals surface area (Å²) in [6, 6.07) is 0. The first-order valence-corrected chi connectivity index (χ1v) is 6.02. The Morgan fingerprint density at radius 1 is 1.56 bits per heavy atom. The molecule has 0 aromatic carbocycles. The summed E-state index contributed by atoms with van der Waals surface area (Å²) in [6.07, 6.45) is 0.690. The predicted octanol–water partition coefficient (Wildman–Crippen LogP) is 0.313. The number of aryl methyl sites for hydroxylation is 2. The van der Waals surface area contributed by atoms with Gasteiger partial charge in [0.2, 0.25) is 0 Å². The van der Waals surface area contributed by atoms with E-state index in [1.165, 1.54) is 4.68 Å². The van der Waals surface area contributed by atoms with Crippen LogP contribution in [0.3, 0.4) is 0 Å². The molecule has 0 aliphatic carbocycles. The quantitative estimate of drug-likeness (QED) is 0.705. The van der Waals surface area contributed by atoms with E-state index in [1.807, 2.05) is 20.8 Å². The Morgan fingerprint density at radius 2 is 2.17 bits per heavy atom. The molecule has 6 nitrogen and oxygen atoms in total. The molecule has 1 aromatic heterocycles. The first kappa shape index (κ1) is 14.5. The molecule has 1 aromatic rings. The van der Waals surface area contributed by atoms with E-state index >= 15 is 0 Å². The number of aliphatic hydroxyl groups excluding tert-OH is 1. The lowest BCUT2D eigenvalue weighted by atomic mass is 9.95. The van der Waals surface area contributed by atoms with Gasteiger partial charge in [0.15, 0.2) is 0 Å². The van der Waals surface area contributed by atoms with Crippen LogP contribution in [0, 0.1) is 5.41 Å². The molecule has 0 saturated carbocycles. The van der Waals surface area contributed by atoms with Crippen LogP contribution in [-0.4, -0.2) is 33.9 Å². The zero-order chi connectivity index (χ0) is 13.9. The summed E-state index contributed by atoms with van der Waals surface area (Å²) in [5.41, 5.74) is 7.07. The molecule has 6 heteroatoms. The highest BCUT2D eigenvalue weighted by atomic mass is 16.3. The molecule has 1 amide bonds. The fourth-order valence-corrected chi connectivity index (χ4v) is 1.59. The van der Waals surface area contributed by atoms with E-state index in [2.05, 4.69) is 10.4 Å². The van der Waals surface area contributed by atoms with E-state index in [0.29, 0.717) is 24.3 Å². The van der Waals surface area contributed by atoms with Crippen LogP contribution in [0.4, 0.5) is 5.69 Å². The van der Waals surface area contributed by atoms with E-state index < -0.39 is 0 Å². The highest BCUT2D eigenvalue weighted by molar-refractivity contribution is 5.98. The number of anilines is 1. The van der Waals surface area contributed by atoms with E-state index in [4.69, 9.17) is 10.8 Å². The van der Waals surface area contributed by atoms with Gasteiger partial charge >= 0.3 is 0 Å². The standard InChI is InChI=1S/C12H22N4O2/c1-5-8-9(13)10(16(4)15-8)11(18)14-6-12(2,3)7-17/h17H,5-7,13H2,1-4H3,(H,14,18). The minimum Gasteiger partial charge on any atom is -0.396 e. The van der Waals surface area contributed by atoms with Crippen LogP contribution in [0.2, 0.25) is 0 Å². The van der Waals surface area contributed by atoms with Crippen molar-refractivity contribution >= 4 is 11.6 Å². The Hall–Kier alpha value is -1.56. The first-order chi connectivity index (χ1) is 8.32. The molecule has 0 atom stereocenters. The van der Waals surface area contributed by atoms with Crippen molar-refractivity contribution in [3.05, 3.63) is 11.4 Å². The molecule has 0 bridgehead atoms. The number of nitrogens with two attached hydrogens (primary N) is 1. The predicted molar refractivity (Wildman–Crippen MR) is 70.2 cm³/mol. The lowest BCUT2D eigenvalue weighted by molar-refractivity contribution is 0.0902. The van der Waals surface area contributed by atoms with Crippen molar-refractivity contribution in [3.63, 3.8) is 0 Å². The summed E-state index contributed by atoms with van der Waals surface area (Å²) >= 11 is 0. The average Bonchev–Trinajstić information content (AvgIpc) is 2.61. The fourth-order valence-electron chi connectivity index (χ4n) is 1.59. The summed E-state index contributed by atoms with van der Waals surface area (Å²) in [7, 11) is 1.70. The van der Waals surface area contributed by atoms with Gasteiger partial charge in [0.05, 0.1) is 11.4 Å². The van der Waals surface area contributed by atoms with Crippen molar-refractivity contribution in [3.8, 4) is 0 Å². The molecule has 0 fully saturated rings. The molecule has 1 heterocycles. The number of nitrogen functional groups attached to an aromatic ring is 1. The van der Waals surface area contributed by atoms with Crippen molar-refractivity contribution < 1.29 is 9.90 Å². The third-order valence-electron chi connectivity index (χ3n) is 2.87. The van der Waals surface area contributed by atoms with Crippen LogP contribution in [0.5, 0.6) is 0 Å². The maximum Gasteiger partial charge on any atom is 0.271 e. The van der Waals surface area contributed by atoms with Gasteiger partial charge in [-0.05, 0) is 6.42 Å². The molecule has 0 spiro atoms. The van der Waals surface area contributed by atoms with Gasteiger partial charge in [-0.3, -0.25) is 9.48 Å². The third-order valence-corrected chi connectivity index (χ3v) is 2.87. The maximum atomic E-state index is 12.0. The van der Waals surface area contributed by atoms with Crippen molar-refractivity contribution in [1.29, 1.82) is 0 Å². The summed E-state index contributed by atoms with van der Waals surface area (Å²) in [6.45, 7) is 6.08. The van der Waals surface area contributed by atoms with Gasteiger partial charge in [-0.2, -0.15) is 5.10 Å². The summed E-state index contributed by atoms with van der Waals surface area (Å²) < 4.78 is 1.50. The lowest BCUT2D eigenvalue weighted by Crippen LogP contribution is -2.37. The van der Waals surface area contributed by atoms with Crippen molar-refractivity contribution in [2.45, 2.75) is 27.2 Å². The number of nitrogens with zero attached hydrogens (tertiary/aromatic N) is 2. The van der Waals surface area contributed by atoms with E-state index in [0.717, 1.165) is 5.69 Å². The number of hydrogen-bond acceptors (Lipinski definition) is 4. The Kier molecular flexibility index (Phi) is 4.34. The van der Waals surface area contributed by atoms with E-state index in [9.17, 15) is 4.79 Å². The molecular formula is C12H22N4O2. The maximum absolute atomic E-state index is 12.0. The average molecular weight is 254 g/mol. The van der Waals surface area contributed by atoms with E-state index in [-0.39, 0.29) is 17.9 Å². The van der Waals surface area contributed by atoms with Crippen LogP contribution < -0.4 is 11.1 Å². The van der Waals surface area contributed by atoms with Gasteiger partial charge < -0.3 is 16.2 Å². The largest absolute Gasteiger partial charge is 0.396 e. The lowest BCUT2D eigenvalue weighted by Gasteiger charge is -2.21. The van der Waals surface area contributed by atoms with Gasteiger partial charge in [0.25, 0.3) is 5.91 Å². The minimum absolute atomic E-state index is 0.00829. The third kappa shape index (κ3) is 3.01. The molecule has 4 N–H and O–H groups in total.